The number of amides is 1. The number of aliphatic hydroxyl groups is 1. The molecule has 1 aliphatic rings. The van der Waals surface area contributed by atoms with E-state index < -0.39 is 0 Å². The predicted molar refractivity (Wildman–Crippen MR) is 68.8 cm³/mol. The molecule has 1 saturated heterocycles. The molecule has 1 aliphatic heterocycles. The van der Waals surface area contributed by atoms with Gasteiger partial charge in [0.2, 0.25) is 5.91 Å². The third-order valence-electron chi connectivity index (χ3n) is 3.56. The Morgan fingerprint density at radius 2 is 2.35 bits per heavy atom. The number of carbonyl (C=O) groups is 1. The van der Waals surface area contributed by atoms with Crippen molar-refractivity contribution in [1.82, 2.24) is 10.2 Å². The SMILES string of the molecule is CCCNC(=O)C(C)N1CCCC(CCO)C1. The first-order valence-corrected chi connectivity index (χ1v) is 6.81. The van der Waals surface area contributed by atoms with Crippen molar-refractivity contribution in [2.75, 3.05) is 26.2 Å². The summed E-state index contributed by atoms with van der Waals surface area (Å²) in [6.45, 7) is 7.01. The second kappa shape index (κ2) is 7.67. The zero-order valence-corrected chi connectivity index (χ0v) is 11.1. The van der Waals surface area contributed by atoms with Crippen LogP contribution in [-0.2, 0) is 4.79 Å². The van der Waals surface area contributed by atoms with E-state index in [1.54, 1.807) is 0 Å². The number of nitrogens with one attached hydrogen (secondary N) is 1. The van der Waals surface area contributed by atoms with Crippen molar-refractivity contribution >= 4 is 5.91 Å². The number of rotatable bonds is 6. The van der Waals surface area contributed by atoms with Gasteiger partial charge in [0.1, 0.15) is 0 Å². The first-order chi connectivity index (χ1) is 8.19. The summed E-state index contributed by atoms with van der Waals surface area (Å²) in [5.74, 6) is 0.687. The smallest absolute Gasteiger partial charge is 0.237 e. The molecule has 0 aromatic rings. The van der Waals surface area contributed by atoms with Crippen molar-refractivity contribution in [3.8, 4) is 0 Å². The maximum atomic E-state index is 11.9. The number of nitrogens with zero attached hydrogens (tertiary/aromatic N) is 1. The normalized spacial score (nSPS) is 23.4. The van der Waals surface area contributed by atoms with Gasteiger partial charge < -0.3 is 10.4 Å². The maximum Gasteiger partial charge on any atom is 0.237 e. The van der Waals surface area contributed by atoms with Crippen molar-refractivity contribution in [2.45, 2.75) is 45.6 Å². The number of carbonyl (C=O) groups excluding carboxylic acids is 1. The predicted octanol–water partition coefficient (Wildman–Crippen LogP) is 0.995. The van der Waals surface area contributed by atoms with Gasteiger partial charge >= 0.3 is 0 Å². The first kappa shape index (κ1) is 14.5. The summed E-state index contributed by atoms with van der Waals surface area (Å²) in [7, 11) is 0. The van der Waals surface area contributed by atoms with E-state index in [4.69, 9.17) is 5.11 Å². The quantitative estimate of drug-likeness (QED) is 0.730. The van der Waals surface area contributed by atoms with Crippen LogP contribution in [0.25, 0.3) is 0 Å². The third-order valence-corrected chi connectivity index (χ3v) is 3.56. The number of likely N-dealkylation sites (tertiary alicyclic amines) is 1. The minimum absolute atomic E-state index is 0.0388. The van der Waals surface area contributed by atoms with Crippen LogP contribution in [0.2, 0.25) is 0 Å². The number of hydrogen-bond acceptors (Lipinski definition) is 3. The van der Waals surface area contributed by atoms with Gasteiger partial charge in [0.15, 0.2) is 0 Å². The van der Waals surface area contributed by atoms with Crippen LogP contribution in [0, 0.1) is 5.92 Å². The van der Waals surface area contributed by atoms with E-state index in [0.717, 1.165) is 38.9 Å². The summed E-state index contributed by atoms with van der Waals surface area (Å²) in [5.41, 5.74) is 0. The lowest BCUT2D eigenvalue weighted by Crippen LogP contribution is -2.49. The van der Waals surface area contributed by atoms with E-state index in [0.29, 0.717) is 5.92 Å². The highest BCUT2D eigenvalue weighted by Crippen LogP contribution is 2.20. The van der Waals surface area contributed by atoms with Gasteiger partial charge in [-0.15, -0.1) is 0 Å². The van der Waals surface area contributed by atoms with Gasteiger partial charge in [-0.1, -0.05) is 6.92 Å². The standard InChI is InChI=1S/C13H26N2O2/c1-3-7-14-13(17)11(2)15-8-4-5-12(10-15)6-9-16/h11-12,16H,3-10H2,1-2H3,(H,14,17). The van der Waals surface area contributed by atoms with Gasteiger partial charge in [-0.2, -0.15) is 0 Å². The molecular formula is C13H26N2O2. The minimum atomic E-state index is -0.0388. The Labute approximate surface area is 104 Å². The summed E-state index contributed by atoms with van der Waals surface area (Å²) < 4.78 is 0. The molecule has 4 heteroatoms. The highest BCUT2D eigenvalue weighted by Gasteiger charge is 2.26. The minimum Gasteiger partial charge on any atom is -0.396 e. The molecule has 1 amide bonds. The van der Waals surface area contributed by atoms with Crippen LogP contribution in [0.3, 0.4) is 0 Å². The molecule has 0 bridgehead atoms. The Morgan fingerprint density at radius 3 is 3.00 bits per heavy atom. The lowest BCUT2D eigenvalue weighted by Gasteiger charge is -2.36. The Bertz CT molecular complexity index is 231. The molecule has 2 atom stereocenters. The van der Waals surface area contributed by atoms with Crippen LogP contribution >= 0.6 is 0 Å². The van der Waals surface area contributed by atoms with Crippen LogP contribution < -0.4 is 5.32 Å². The van der Waals surface area contributed by atoms with Crippen LogP contribution in [-0.4, -0.2) is 48.2 Å². The van der Waals surface area contributed by atoms with Crippen LogP contribution in [0.5, 0.6) is 0 Å². The molecule has 0 spiro atoms. The molecule has 100 valence electrons. The summed E-state index contributed by atoms with van der Waals surface area (Å²) in [5, 5.41) is 11.9. The molecule has 0 aromatic heterocycles. The van der Waals surface area contributed by atoms with Gasteiger partial charge in [-0.05, 0) is 45.1 Å². The zero-order chi connectivity index (χ0) is 12.7. The highest BCUT2D eigenvalue weighted by atomic mass is 16.3. The molecular weight excluding hydrogens is 216 g/mol. The molecule has 1 rings (SSSR count). The van der Waals surface area contributed by atoms with Crippen molar-refractivity contribution in [1.29, 1.82) is 0 Å². The number of piperidine rings is 1. The Morgan fingerprint density at radius 1 is 1.59 bits per heavy atom. The van der Waals surface area contributed by atoms with Crippen LogP contribution in [0.1, 0.15) is 39.5 Å². The van der Waals surface area contributed by atoms with Gasteiger partial charge in [0, 0.05) is 19.7 Å². The Kier molecular flexibility index (Phi) is 6.52. The van der Waals surface area contributed by atoms with E-state index in [1.165, 1.54) is 6.42 Å². The van der Waals surface area contributed by atoms with Crippen molar-refractivity contribution in [2.24, 2.45) is 5.92 Å². The van der Waals surface area contributed by atoms with Gasteiger partial charge in [0.25, 0.3) is 0 Å². The summed E-state index contributed by atoms with van der Waals surface area (Å²) >= 11 is 0. The highest BCUT2D eigenvalue weighted by molar-refractivity contribution is 5.81. The van der Waals surface area contributed by atoms with E-state index in [1.807, 2.05) is 6.92 Å². The Balaban J connectivity index is 2.39. The maximum absolute atomic E-state index is 11.9. The topological polar surface area (TPSA) is 52.6 Å². The summed E-state index contributed by atoms with van der Waals surface area (Å²) in [6, 6.07) is -0.0388. The average Bonchev–Trinajstić information content (AvgIpc) is 2.35. The van der Waals surface area contributed by atoms with Crippen molar-refractivity contribution in [3.63, 3.8) is 0 Å². The first-order valence-electron chi connectivity index (χ1n) is 6.81. The molecule has 4 nitrogen and oxygen atoms in total. The third kappa shape index (κ3) is 4.64. The number of hydrogen-bond donors (Lipinski definition) is 2. The number of aliphatic hydroxyl groups excluding tert-OH is 1. The Hall–Kier alpha value is -0.610. The van der Waals surface area contributed by atoms with Crippen LogP contribution in [0.4, 0.5) is 0 Å². The van der Waals surface area contributed by atoms with E-state index in [2.05, 4.69) is 17.1 Å². The lowest BCUT2D eigenvalue weighted by molar-refractivity contribution is -0.126. The molecule has 0 aliphatic carbocycles. The molecule has 2 N–H and O–H groups in total. The molecule has 1 fully saturated rings. The average molecular weight is 242 g/mol. The zero-order valence-electron chi connectivity index (χ0n) is 11.1. The van der Waals surface area contributed by atoms with E-state index in [9.17, 15) is 4.79 Å². The van der Waals surface area contributed by atoms with Crippen LogP contribution in [0.15, 0.2) is 0 Å². The van der Waals surface area contributed by atoms with Gasteiger partial charge in [0.05, 0.1) is 6.04 Å². The largest absolute Gasteiger partial charge is 0.396 e. The molecule has 0 radical (unpaired) electrons. The van der Waals surface area contributed by atoms with Crippen molar-refractivity contribution in [3.05, 3.63) is 0 Å². The fourth-order valence-corrected chi connectivity index (χ4v) is 2.43. The summed E-state index contributed by atoms with van der Waals surface area (Å²) in [4.78, 5) is 14.1. The van der Waals surface area contributed by atoms with E-state index in [-0.39, 0.29) is 18.6 Å². The molecule has 0 aromatic carbocycles. The second-order valence-corrected chi connectivity index (χ2v) is 4.98. The fourth-order valence-electron chi connectivity index (χ4n) is 2.43. The van der Waals surface area contributed by atoms with Crippen molar-refractivity contribution < 1.29 is 9.90 Å². The van der Waals surface area contributed by atoms with Gasteiger partial charge in [-0.3, -0.25) is 9.69 Å². The van der Waals surface area contributed by atoms with E-state index >= 15 is 0 Å². The lowest BCUT2D eigenvalue weighted by atomic mass is 9.94. The summed E-state index contributed by atoms with van der Waals surface area (Å²) in [6.07, 6.45) is 4.15. The monoisotopic (exact) mass is 242 g/mol. The molecule has 1 heterocycles. The fraction of sp³-hybridized carbons (Fsp3) is 0.923. The van der Waals surface area contributed by atoms with Gasteiger partial charge in [-0.25, -0.2) is 0 Å². The second-order valence-electron chi connectivity index (χ2n) is 4.98. The molecule has 17 heavy (non-hydrogen) atoms. The molecule has 2 unspecified atom stereocenters. The molecule has 0 saturated carbocycles.